The first-order valence-corrected chi connectivity index (χ1v) is 6.75. The Labute approximate surface area is 115 Å². The maximum Gasteiger partial charge on any atom is 0.251 e. The van der Waals surface area contributed by atoms with E-state index in [0.29, 0.717) is 6.54 Å². The fourth-order valence-corrected chi connectivity index (χ4v) is 1.81. The summed E-state index contributed by atoms with van der Waals surface area (Å²) in [6.45, 7) is 6.56. The molecule has 2 nitrogen and oxygen atoms in total. The van der Waals surface area contributed by atoms with Crippen molar-refractivity contribution in [1.29, 1.82) is 0 Å². The molecule has 1 amide bonds. The highest BCUT2D eigenvalue weighted by Crippen LogP contribution is 2.23. The van der Waals surface area contributed by atoms with Crippen molar-refractivity contribution >= 4 is 5.91 Å². The van der Waals surface area contributed by atoms with E-state index < -0.39 is 0 Å². The molecule has 2 rings (SSSR count). The van der Waals surface area contributed by atoms with Gasteiger partial charge in [-0.15, -0.1) is 0 Å². The Hall–Kier alpha value is -2.09. The topological polar surface area (TPSA) is 29.1 Å². The largest absolute Gasteiger partial charge is 0.352 e. The lowest BCUT2D eigenvalue weighted by Gasteiger charge is -2.09. The Morgan fingerprint density at radius 1 is 0.947 bits per heavy atom. The lowest BCUT2D eigenvalue weighted by Crippen LogP contribution is -2.23. The molecule has 2 heteroatoms. The van der Waals surface area contributed by atoms with Crippen LogP contribution in [0.4, 0.5) is 0 Å². The molecule has 0 atom stereocenters. The summed E-state index contributed by atoms with van der Waals surface area (Å²) in [5, 5.41) is 2.83. The van der Waals surface area contributed by atoms with Crippen molar-refractivity contribution in [3.05, 3.63) is 60.2 Å². The molecular weight excluding hydrogens is 234 g/mol. The first-order valence-electron chi connectivity index (χ1n) is 6.75. The summed E-state index contributed by atoms with van der Waals surface area (Å²) in [5.41, 5.74) is 2.76. The van der Waals surface area contributed by atoms with E-state index in [1.165, 1.54) is 0 Å². The lowest BCUT2D eigenvalue weighted by molar-refractivity contribution is 0.0956. The molecule has 19 heavy (non-hydrogen) atoms. The van der Waals surface area contributed by atoms with Gasteiger partial charge in [0.25, 0.3) is 5.91 Å². The lowest BCUT2D eigenvalue weighted by atomic mass is 9.99. The number of rotatable bonds is 3. The molecule has 0 spiro atoms. The predicted octanol–water partition coefficient (Wildman–Crippen LogP) is 4.13. The van der Waals surface area contributed by atoms with Crippen LogP contribution in [0.25, 0.3) is 11.1 Å². The molecule has 0 heterocycles. The summed E-state index contributed by atoms with van der Waals surface area (Å²) in [6.07, 6.45) is 0. The van der Waals surface area contributed by atoms with Crippen LogP contribution in [0.1, 0.15) is 31.1 Å². The maximum absolute atomic E-state index is 11.9. The Bertz CT molecular complexity index is 506. The standard InChI is InChI=1S/C15H15NO.C2H6/c1-2-16-15(17)14-11-7-6-10-13(14)12-8-4-3-5-9-12;1-2/h3-11H,2H2,1H3,(H,16,17);1-2H3. The van der Waals surface area contributed by atoms with Gasteiger partial charge in [0, 0.05) is 12.1 Å². The van der Waals surface area contributed by atoms with Gasteiger partial charge in [0.2, 0.25) is 0 Å². The minimum absolute atomic E-state index is 0.0213. The van der Waals surface area contributed by atoms with Crippen molar-refractivity contribution in [2.45, 2.75) is 20.8 Å². The number of nitrogens with one attached hydrogen (secondary N) is 1. The molecule has 0 radical (unpaired) electrons. The highest BCUT2D eigenvalue weighted by molar-refractivity contribution is 6.00. The number of carbonyl (C=O) groups is 1. The quantitative estimate of drug-likeness (QED) is 0.877. The third-order valence-corrected chi connectivity index (χ3v) is 2.59. The molecule has 2 aromatic rings. The second kappa shape index (κ2) is 8.09. The Morgan fingerprint density at radius 3 is 2.16 bits per heavy atom. The van der Waals surface area contributed by atoms with Gasteiger partial charge in [0.15, 0.2) is 0 Å². The van der Waals surface area contributed by atoms with Gasteiger partial charge in [-0.25, -0.2) is 0 Å². The van der Waals surface area contributed by atoms with Crippen molar-refractivity contribution in [3.8, 4) is 11.1 Å². The summed E-state index contributed by atoms with van der Waals surface area (Å²) in [6, 6.07) is 17.6. The van der Waals surface area contributed by atoms with E-state index in [0.717, 1.165) is 16.7 Å². The summed E-state index contributed by atoms with van der Waals surface area (Å²) >= 11 is 0. The van der Waals surface area contributed by atoms with E-state index in [-0.39, 0.29) is 5.91 Å². The Balaban J connectivity index is 0.000000861. The van der Waals surface area contributed by atoms with Gasteiger partial charge in [-0.3, -0.25) is 4.79 Å². The van der Waals surface area contributed by atoms with E-state index in [9.17, 15) is 4.79 Å². The molecule has 0 saturated heterocycles. The normalized spacial score (nSPS) is 9.21. The van der Waals surface area contributed by atoms with E-state index in [2.05, 4.69) is 5.32 Å². The third-order valence-electron chi connectivity index (χ3n) is 2.59. The summed E-state index contributed by atoms with van der Waals surface area (Å²) in [4.78, 5) is 11.9. The van der Waals surface area contributed by atoms with Gasteiger partial charge in [-0.2, -0.15) is 0 Å². The molecule has 0 aliphatic carbocycles. The molecule has 2 aromatic carbocycles. The van der Waals surface area contributed by atoms with Gasteiger partial charge >= 0.3 is 0 Å². The minimum Gasteiger partial charge on any atom is -0.352 e. The van der Waals surface area contributed by atoms with Crippen LogP contribution in [0.5, 0.6) is 0 Å². The smallest absolute Gasteiger partial charge is 0.251 e. The van der Waals surface area contributed by atoms with Crippen molar-refractivity contribution in [2.24, 2.45) is 0 Å². The molecule has 0 fully saturated rings. The molecule has 100 valence electrons. The first-order chi connectivity index (χ1) is 9.33. The third kappa shape index (κ3) is 3.95. The van der Waals surface area contributed by atoms with Gasteiger partial charge < -0.3 is 5.32 Å². The number of carbonyl (C=O) groups excluding carboxylic acids is 1. The van der Waals surface area contributed by atoms with Gasteiger partial charge in [0.1, 0.15) is 0 Å². The molecule has 0 unspecified atom stereocenters. The van der Waals surface area contributed by atoms with Gasteiger partial charge in [-0.1, -0.05) is 62.4 Å². The fourth-order valence-electron chi connectivity index (χ4n) is 1.81. The second-order valence-electron chi connectivity index (χ2n) is 3.77. The fraction of sp³-hybridized carbons (Fsp3) is 0.235. The van der Waals surface area contributed by atoms with Crippen LogP contribution in [0.2, 0.25) is 0 Å². The molecule has 1 N–H and O–H groups in total. The highest BCUT2D eigenvalue weighted by Gasteiger charge is 2.10. The number of benzene rings is 2. The van der Waals surface area contributed by atoms with Gasteiger partial charge in [-0.05, 0) is 24.1 Å². The Kier molecular flexibility index (Phi) is 6.37. The van der Waals surface area contributed by atoms with Crippen LogP contribution in [0.15, 0.2) is 54.6 Å². The first kappa shape index (κ1) is 15.0. The summed E-state index contributed by atoms with van der Waals surface area (Å²) in [5.74, 6) is -0.0213. The molecule has 0 bridgehead atoms. The second-order valence-corrected chi connectivity index (χ2v) is 3.77. The highest BCUT2D eigenvalue weighted by atomic mass is 16.1. The van der Waals surface area contributed by atoms with E-state index >= 15 is 0 Å². The number of amides is 1. The maximum atomic E-state index is 11.9. The zero-order chi connectivity index (χ0) is 14.1. The van der Waals surface area contributed by atoms with Crippen LogP contribution in [-0.2, 0) is 0 Å². The van der Waals surface area contributed by atoms with Crippen molar-refractivity contribution in [1.82, 2.24) is 5.32 Å². The Morgan fingerprint density at radius 2 is 1.53 bits per heavy atom. The zero-order valence-corrected chi connectivity index (χ0v) is 11.8. The monoisotopic (exact) mass is 255 g/mol. The van der Waals surface area contributed by atoms with Crippen LogP contribution < -0.4 is 5.32 Å². The van der Waals surface area contributed by atoms with Crippen molar-refractivity contribution < 1.29 is 4.79 Å². The molecule has 0 aromatic heterocycles. The van der Waals surface area contributed by atoms with E-state index in [1.54, 1.807) is 0 Å². The van der Waals surface area contributed by atoms with Crippen molar-refractivity contribution in [3.63, 3.8) is 0 Å². The molecule has 0 aliphatic rings. The van der Waals surface area contributed by atoms with Crippen molar-refractivity contribution in [2.75, 3.05) is 6.54 Å². The van der Waals surface area contributed by atoms with Crippen LogP contribution in [-0.4, -0.2) is 12.5 Å². The van der Waals surface area contributed by atoms with E-state index in [4.69, 9.17) is 0 Å². The number of hydrogen-bond acceptors (Lipinski definition) is 1. The SMILES string of the molecule is CC.CCNC(=O)c1ccccc1-c1ccccc1. The number of hydrogen-bond donors (Lipinski definition) is 1. The summed E-state index contributed by atoms with van der Waals surface area (Å²) in [7, 11) is 0. The average molecular weight is 255 g/mol. The van der Waals surface area contributed by atoms with Crippen LogP contribution >= 0.6 is 0 Å². The summed E-state index contributed by atoms with van der Waals surface area (Å²) < 4.78 is 0. The predicted molar refractivity (Wildman–Crippen MR) is 81.2 cm³/mol. The zero-order valence-electron chi connectivity index (χ0n) is 11.8. The average Bonchev–Trinajstić information content (AvgIpc) is 2.50. The van der Waals surface area contributed by atoms with Gasteiger partial charge in [0.05, 0.1) is 0 Å². The minimum atomic E-state index is -0.0213. The van der Waals surface area contributed by atoms with E-state index in [1.807, 2.05) is 75.4 Å². The molecular formula is C17H21NO. The van der Waals surface area contributed by atoms with Crippen LogP contribution in [0, 0.1) is 0 Å². The molecule has 0 aliphatic heterocycles. The van der Waals surface area contributed by atoms with Crippen LogP contribution in [0.3, 0.4) is 0 Å². The molecule has 0 saturated carbocycles.